The molecule has 9 heteroatoms. The molecule has 2 aromatic rings. The summed E-state index contributed by atoms with van der Waals surface area (Å²) in [5.74, 6) is 0.278. The van der Waals surface area contributed by atoms with E-state index in [2.05, 4.69) is 15.0 Å². The molecule has 0 amide bonds. The molecule has 2 aromatic heterocycles. The lowest BCUT2D eigenvalue weighted by molar-refractivity contribution is -0.0524. The zero-order valence-electron chi connectivity index (χ0n) is 12.2. The van der Waals surface area contributed by atoms with Crippen LogP contribution in [-0.2, 0) is 4.74 Å². The molecule has 3 heterocycles. The number of ether oxygens (including phenoxy) is 1. The predicted molar refractivity (Wildman–Crippen MR) is 80.1 cm³/mol. The lowest BCUT2D eigenvalue weighted by atomic mass is 9.96. The number of fused-ring (bicyclic) bond motifs is 1. The van der Waals surface area contributed by atoms with Gasteiger partial charge in [0.1, 0.15) is 18.5 Å². The van der Waals surface area contributed by atoms with E-state index in [-0.39, 0.29) is 17.0 Å². The van der Waals surface area contributed by atoms with Crippen molar-refractivity contribution < 1.29 is 14.9 Å². The summed E-state index contributed by atoms with van der Waals surface area (Å²) in [5.41, 5.74) is 6.46. The first kappa shape index (κ1) is 15.4. The van der Waals surface area contributed by atoms with Gasteiger partial charge >= 0.3 is 0 Å². The van der Waals surface area contributed by atoms with Crippen molar-refractivity contribution >= 4 is 28.6 Å². The molecule has 0 saturated carbocycles. The van der Waals surface area contributed by atoms with Crippen LogP contribution in [0.3, 0.4) is 0 Å². The fourth-order valence-electron chi connectivity index (χ4n) is 2.73. The SMILES string of the molecule is CCC(C)C1OC(n2c(Cl)nc3c(N)ncnc32)C(O)C1O. The van der Waals surface area contributed by atoms with Crippen LogP contribution >= 0.6 is 11.6 Å². The molecule has 3 rings (SSSR count). The summed E-state index contributed by atoms with van der Waals surface area (Å²) in [5, 5.41) is 20.6. The quantitative estimate of drug-likeness (QED) is 0.711. The first-order chi connectivity index (χ1) is 10.5. The van der Waals surface area contributed by atoms with E-state index in [1.54, 1.807) is 0 Å². The Labute approximate surface area is 131 Å². The molecule has 0 spiro atoms. The minimum atomic E-state index is -1.13. The summed E-state index contributed by atoms with van der Waals surface area (Å²) in [4.78, 5) is 12.1. The zero-order valence-corrected chi connectivity index (χ0v) is 13.0. The number of rotatable bonds is 3. The predicted octanol–water partition coefficient (Wildman–Crippen LogP) is 0.727. The topological polar surface area (TPSA) is 119 Å². The normalized spacial score (nSPS) is 30.0. The first-order valence-corrected chi connectivity index (χ1v) is 7.49. The summed E-state index contributed by atoms with van der Waals surface area (Å²) in [6.45, 7) is 3.95. The van der Waals surface area contributed by atoms with Crippen LogP contribution in [0.4, 0.5) is 5.82 Å². The van der Waals surface area contributed by atoms with Crippen molar-refractivity contribution in [2.24, 2.45) is 5.92 Å². The largest absolute Gasteiger partial charge is 0.388 e. The van der Waals surface area contributed by atoms with Crippen LogP contribution in [-0.4, -0.2) is 48.0 Å². The summed E-state index contributed by atoms with van der Waals surface area (Å²) >= 11 is 6.15. The third-order valence-corrected chi connectivity index (χ3v) is 4.46. The van der Waals surface area contributed by atoms with Crippen molar-refractivity contribution in [3.8, 4) is 0 Å². The second-order valence-electron chi connectivity index (χ2n) is 5.54. The monoisotopic (exact) mass is 327 g/mol. The van der Waals surface area contributed by atoms with Crippen molar-refractivity contribution in [2.75, 3.05) is 5.73 Å². The highest BCUT2D eigenvalue weighted by atomic mass is 35.5. The number of nitrogens with two attached hydrogens (primary N) is 1. The van der Waals surface area contributed by atoms with Crippen LogP contribution in [0.1, 0.15) is 26.5 Å². The molecule has 0 aliphatic carbocycles. The summed E-state index contributed by atoms with van der Waals surface area (Å²) < 4.78 is 7.28. The third-order valence-electron chi connectivity index (χ3n) is 4.20. The third kappa shape index (κ3) is 2.23. The van der Waals surface area contributed by atoms with Gasteiger partial charge in [-0.2, -0.15) is 0 Å². The van der Waals surface area contributed by atoms with Gasteiger partial charge in [0, 0.05) is 0 Å². The van der Waals surface area contributed by atoms with Crippen molar-refractivity contribution in [2.45, 2.75) is 44.8 Å². The van der Waals surface area contributed by atoms with E-state index in [1.165, 1.54) is 10.9 Å². The van der Waals surface area contributed by atoms with Crippen LogP contribution < -0.4 is 5.73 Å². The summed E-state index contributed by atoms with van der Waals surface area (Å²) in [7, 11) is 0. The van der Waals surface area contributed by atoms with Crippen LogP contribution in [0, 0.1) is 5.92 Å². The second-order valence-corrected chi connectivity index (χ2v) is 5.88. The molecule has 1 saturated heterocycles. The molecule has 0 radical (unpaired) electrons. The highest BCUT2D eigenvalue weighted by Gasteiger charge is 2.46. The maximum atomic E-state index is 10.3. The standard InChI is InChI=1S/C13H18ClN5O3/c1-3-5(2)9-7(20)8(21)12(22-9)19-11-6(18-13(19)14)10(15)16-4-17-11/h4-5,7-9,12,20-21H,3H2,1-2H3,(H2,15,16,17). The molecule has 1 fully saturated rings. The van der Waals surface area contributed by atoms with Crippen molar-refractivity contribution in [3.63, 3.8) is 0 Å². The van der Waals surface area contributed by atoms with E-state index in [9.17, 15) is 10.2 Å². The Kier molecular flexibility index (Phi) is 3.94. The van der Waals surface area contributed by atoms with Gasteiger partial charge in [0.25, 0.3) is 0 Å². The van der Waals surface area contributed by atoms with Crippen LogP contribution in [0.2, 0.25) is 5.28 Å². The fourth-order valence-corrected chi connectivity index (χ4v) is 2.99. The number of imidazole rings is 1. The Morgan fingerprint density at radius 3 is 2.82 bits per heavy atom. The van der Waals surface area contributed by atoms with Crippen LogP contribution in [0.25, 0.3) is 11.2 Å². The van der Waals surface area contributed by atoms with Gasteiger partial charge in [-0.15, -0.1) is 0 Å². The molecule has 4 N–H and O–H groups in total. The lowest BCUT2D eigenvalue weighted by Gasteiger charge is -2.20. The molecule has 5 atom stereocenters. The van der Waals surface area contributed by atoms with Gasteiger partial charge in [0.2, 0.25) is 5.28 Å². The number of anilines is 1. The van der Waals surface area contributed by atoms with Gasteiger partial charge < -0.3 is 20.7 Å². The highest BCUT2D eigenvalue weighted by molar-refractivity contribution is 6.29. The molecule has 22 heavy (non-hydrogen) atoms. The molecule has 120 valence electrons. The number of aromatic nitrogens is 4. The number of nitrogen functional groups attached to an aromatic ring is 1. The molecular formula is C13H18ClN5O3. The van der Waals surface area contributed by atoms with E-state index in [4.69, 9.17) is 22.1 Å². The molecule has 0 bridgehead atoms. The molecule has 1 aliphatic rings. The average Bonchev–Trinajstić information content (AvgIpc) is 2.98. The van der Waals surface area contributed by atoms with Crippen LogP contribution in [0.5, 0.6) is 0 Å². The van der Waals surface area contributed by atoms with E-state index >= 15 is 0 Å². The molecular weight excluding hydrogens is 310 g/mol. The summed E-state index contributed by atoms with van der Waals surface area (Å²) in [6.07, 6.45) is -1.40. The minimum Gasteiger partial charge on any atom is -0.388 e. The van der Waals surface area contributed by atoms with Crippen LogP contribution in [0.15, 0.2) is 6.33 Å². The maximum Gasteiger partial charge on any atom is 0.207 e. The van der Waals surface area contributed by atoms with Gasteiger partial charge in [-0.05, 0) is 17.5 Å². The van der Waals surface area contributed by atoms with E-state index in [1.807, 2.05) is 13.8 Å². The Morgan fingerprint density at radius 1 is 1.41 bits per heavy atom. The molecule has 0 aromatic carbocycles. The van der Waals surface area contributed by atoms with Gasteiger partial charge in [-0.3, -0.25) is 4.57 Å². The zero-order chi connectivity index (χ0) is 16.0. The Bertz CT molecular complexity index is 694. The Hall–Kier alpha value is -1.48. The van der Waals surface area contributed by atoms with Crippen molar-refractivity contribution in [1.29, 1.82) is 0 Å². The Balaban J connectivity index is 2.05. The highest BCUT2D eigenvalue weighted by Crippen LogP contribution is 2.37. The van der Waals surface area contributed by atoms with Gasteiger partial charge in [-0.1, -0.05) is 20.3 Å². The first-order valence-electron chi connectivity index (χ1n) is 7.11. The number of aliphatic hydroxyl groups excluding tert-OH is 2. The molecule has 1 aliphatic heterocycles. The van der Waals surface area contributed by atoms with Crippen molar-refractivity contribution in [3.05, 3.63) is 11.6 Å². The molecule has 5 unspecified atom stereocenters. The van der Waals surface area contributed by atoms with E-state index in [0.717, 1.165) is 6.42 Å². The number of hydrogen-bond acceptors (Lipinski definition) is 7. The summed E-state index contributed by atoms with van der Waals surface area (Å²) in [6, 6.07) is 0. The van der Waals surface area contributed by atoms with E-state index in [0.29, 0.717) is 11.2 Å². The number of hydrogen-bond donors (Lipinski definition) is 3. The van der Waals surface area contributed by atoms with Gasteiger partial charge in [-0.25, -0.2) is 15.0 Å². The number of aliphatic hydroxyl groups is 2. The van der Waals surface area contributed by atoms with Gasteiger partial charge in [0.15, 0.2) is 23.2 Å². The smallest absolute Gasteiger partial charge is 0.207 e. The lowest BCUT2D eigenvalue weighted by Crippen LogP contribution is -2.34. The molecule has 8 nitrogen and oxygen atoms in total. The average molecular weight is 328 g/mol. The van der Waals surface area contributed by atoms with Crippen molar-refractivity contribution in [1.82, 2.24) is 19.5 Å². The van der Waals surface area contributed by atoms with E-state index < -0.39 is 24.5 Å². The maximum absolute atomic E-state index is 10.3. The van der Waals surface area contributed by atoms with Gasteiger partial charge in [0.05, 0.1) is 6.10 Å². The number of halogens is 1. The number of nitrogens with zero attached hydrogens (tertiary/aromatic N) is 4. The minimum absolute atomic E-state index is 0.0725. The second kappa shape index (κ2) is 5.62. The Morgan fingerprint density at radius 2 is 2.14 bits per heavy atom. The fraction of sp³-hybridized carbons (Fsp3) is 0.615.